The van der Waals surface area contributed by atoms with Gasteiger partial charge in [-0.25, -0.2) is 4.79 Å². The second-order valence-corrected chi connectivity index (χ2v) is 5.08. The first-order valence-corrected chi connectivity index (χ1v) is 7.27. The van der Waals surface area contributed by atoms with Crippen LogP contribution in [-0.4, -0.2) is 25.7 Å². The van der Waals surface area contributed by atoms with Crippen molar-refractivity contribution in [2.45, 2.75) is 0 Å². The van der Waals surface area contributed by atoms with E-state index < -0.39 is 0 Å². The minimum Gasteiger partial charge on any atom is -0.323 e. The Morgan fingerprint density at radius 1 is 1.04 bits per heavy atom. The third-order valence-corrected chi connectivity index (χ3v) is 3.33. The number of carbonyl (C=O) groups is 1. The monoisotopic (exact) mass is 321 g/mol. The summed E-state index contributed by atoms with van der Waals surface area (Å²) in [6, 6.07) is 16.3. The van der Waals surface area contributed by atoms with Gasteiger partial charge in [-0.1, -0.05) is 30.3 Å². The third kappa shape index (κ3) is 3.46. The summed E-state index contributed by atoms with van der Waals surface area (Å²) in [5, 5.41) is 10.2. The van der Waals surface area contributed by atoms with Crippen molar-refractivity contribution in [1.82, 2.24) is 19.8 Å². The van der Waals surface area contributed by atoms with Crippen LogP contribution < -0.4 is 11.0 Å². The van der Waals surface area contributed by atoms with Gasteiger partial charge in [0.25, 0.3) is 0 Å². The van der Waals surface area contributed by atoms with Crippen molar-refractivity contribution in [2.75, 3.05) is 5.32 Å². The molecule has 0 saturated carbocycles. The molecule has 0 aliphatic heterocycles. The summed E-state index contributed by atoms with van der Waals surface area (Å²) in [6.45, 7) is 0. The number of aryl methyl sites for hydroxylation is 1. The number of hydrogen-bond donors (Lipinski definition) is 1. The Balaban J connectivity index is 1.68. The molecular weight excluding hydrogens is 306 g/mol. The van der Waals surface area contributed by atoms with Crippen molar-refractivity contribution in [1.29, 1.82) is 0 Å². The van der Waals surface area contributed by atoms with Gasteiger partial charge in [0, 0.05) is 18.8 Å². The number of benzene rings is 2. The molecule has 0 radical (unpaired) electrons. The predicted octanol–water partition coefficient (Wildman–Crippen LogP) is 1.62. The number of hydrogen-bond acceptors (Lipinski definition) is 4. The van der Waals surface area contributed by atoms with Crippen LogP contribution >= 0.6 is 0 Å². The molecule has 0 aliphatic rings. The lowest BCUT2D eigenvalue weighted by Gasteiger charge is -2.03. The second kappa shape index (κ2) is 6.74. The smallest absolute Gasteiger partial charge is 0.323 e. The van der Waals surface area contributed by atoms with E-state index in [1.807, 2.05) is 30.3 Å². The van der Waals surface area contributed by atoms with E-state index in [9.17, 15) is 9.59 Å². The van der Waals surface area contributed by atoms with Crippen LogP contribution in [0.5, 0.6) is 0 Å². The predicted molar refractivity (Wildman–Crippen MR) is 90.7 cm³/mol. The lowest BCUT2D eigenvalue weighted by atomic mass is 10.2. The van der Waals surface area contributed by atoms with E-state index in [1.54, 1.807) is 30.3 Å². The number of rotatable bonds is 4. The van der Waals surface area contributed by atoms with Crippen molar-refractivity contribution in [2.24, 2.45) is 7.05 Å². The molecule has 0 unspecified atom stereocenters. The minimum atomic E-state index is -0.336. The van der Waals surface area contributed by atoms with Crippen molar-refractivity contribution in [3.8, 4) is 5.69 Å². The molecule has 1 heterocycles. The number of amides is 1. The van der Waals surface area contributed by atoms with E-state index in [0.29, 0.717) is 11.4 Å². The highest BCUT2D eigenvalue weighted by molar-refractivity contribution is 6.01. The largest absolute Gasteiger partial charge is 0.368 e. The fraction of sp³-hybridized carbons (Fsp3) is 0.0588. The minimum absolute atomic E-state index is 0.233. The van der Waals surface area contributed by atoms with E-state index in [-0.39, 0.29) is 11.6 Å². The van der Waals surface area contributed by atoms with Crippen LogP contribution in [-0.2, 0) is 11.8 Å². The van der Waals surface area contributed by atoms with Gasteiger partial charge in [0.05, 0.1) is 5.69 Å². The maximum atomic E-state index is 11.9. The number of aromatic nitrogens is 4. The molecule has 7 heteroatoms. The molecule has 3 aromatic rings. The Morgan fingerprint density at radius 3 is 2.38 bits per heavy atom. The average molecular weight is 321 g/mol. The quantitative estimate of drug-likeness (QED) is 0.740. The van der Waals surface area contributed by atoms with Gasteiger partial charge in [-0.05, 0) is 46.3 Å². The molecule has 0 bridgehead atoms. The molecule has 0 atom stereocenters. The van der Waals surface area contributed by atoms with E-state index in [2.05, 4.69) is 15.7 Å². The third-order valence-electron chi connectivity index (χ3n) is 3.33. The van der Waals surface area contributed by atoms with Gasteiger partial charge in [0.1, 0.15) is 0 Å². The zero-order valence-electron chi connectivity index (χ0n) is 13.0. The van der Waals surface area contributed by atoms with Crippen LogP contribution in [0.15, 0.2) is 65.5 Å². The lowest BCUT2D eigenvalue weighted by Crippen LogP contribution is -2.21. The molecule has 3 rings (SSSR count). The Labute approximate surface area is 137 Å². The summed E-state index contributed by atoms with van der Waals surface area (Å²) in [4.78, 5) is 23.7. The van der Waals surface area contributed by atoms with Gasteiger partial charge in [-0.3, -0.25) is 4.79 Å². The van der Waals surface area contributed by atoms with E-state index in [1.165, 1.54) is 17.8 Å². The molecule has 1 amide bonds. The summed E-state index contributed by atoms with van der Waals surface area (Å²) in [5.41, 5.74) is 1.81. The first-order chi connectivity index (χ1) is 11.6. The normalized spacial score (nSPS) is 10.9. The highest BCUT2D eigenvalue weighted by Gasteiger charge is 2.06. The Kier molecular flexibility index (Phi) is 4.33. The van der Waals surface area contributed by atoms with E-state index in [0.717, 1.165) is 10.2 Å². The lowest BCUT2D eigenvalue weighted by molar-refractivity contribution is -0.111. The van der Waals surface area contributed by atoms with E-state index >= 15 is 0 Å². The van der Waals surface area contributed by atoms with Crippen molar-refractivity contribution in [3.63, 3.8) is 0 Å². The zero-order valence-corrected chi connectivity index (χ0v) is 13.0. The Morgan fingerprint density at radius 2 is 1.75 bits per heavy atom. The summed E-state index contributed by atoms with van der Waals surface area (Å²) in [5.74, 6) is -0.233. The van der Waals surface area contributed by atoms with Gasteiger partial charge in [-0.2, -0.15) is 9.36 Å². The molecule has 120 valence electrons. The first kappa shape index (κ1) is 15.4. The molecule has 0 spiro atoms. The fourth-order valence-corrected chi connectivity index (χ4v) is 2.08. The molecule has 0 saturated heterocycles. The van der Waals surface area contributed by atoms with Gasteiger partial charge >= 0.3 is 5.69 Å². The maximum Gasteiger partial charge on any atom is 0.368 e. The fourth-order valence-electron chi connectivity index (χ4n) is 2.08. The van der Waals surface area contributed by atoms with Crippen molar-refractivity contribution in [3.05, 3.63) is 76.7 Å². The number of carbonyl (C=O) groups excluding carboxylic acids is 1. The summed E-state index contributed by atoms with van der Waals surface area (Å²) >= 11 is 0. The Bertz CT molecular complexity index is 924. The summed E-state index contributed by atoms with van der Waals surface area (Å²) < 4.78 is 2.32. The molecule has 0 fully saturated rings. The molecule has 7 nitrogen and oxygen atoms in total. The standard InChI is InChI=1S/C17H15N5O2/c1-21-17(24)22(20-19-21)15-10-8-14(9-11-15)18-16(23)12-7-13-5-3-2-4-6-13/h2-12H,1H3,(H,18,23)/b12-7+. The number of nitrogens with zero attached hydrogens (tertiary/aromatic N) is 4. The van der Waals surface area contributed by atoms with Gasteiger partial charge in [0.2, 0.25) is 5.91 Å². The highest BCUT2D eigenvalue weighted by Crippen LogP contribution is 2.11. The van der Waals surface area contributed by atoms with Gasteiger partial charge < -0.3 is 5.32 Å². The Hall–Kier alpha value is -3.48. The number of anilines is 1. The van der Waals surface area contributed by atoms with E-state index in [4.69, 9.17) is 0 Å². The summed E-state index contributed by atoms with van der Waals surface area (Å²) in [7, 11) is 1.53. The molecule has 24 heavy (non-hydrogen) atoms. The van der Waals surface area contributed by atoms with Gasteiger partial charge in [0.15, 0.2) is 0 Å². The second-order valence-electron chi connectivity index (χ2n) is 5.08. The van der Waals surface area contributed by atoms with Crippen LogP contribution in [0.3, 0.4) is 0 Å². The summed E-state index contributed by atoms with van der Waals surface area (Å²) in [6.07, 6.45) is 3.21. The molecule has 2 aromatic carbocycles. The van der Waals surface area contributed by atoms with Crippen LogP contribution in [0, 0.1) is 0 Å². The van der Waals surface area contributed by atoms with Crippen LogP contribution in [0.1, 0.15) is 5.56 Å². The van der Waals surface area contributed by atoms with Crippen LogP contribution in [0.25, 0.3) is 11.8 Å². The van der Waals surface area contributed by atoms with Crippen molar-refractivity contribution < 1.29 is 4.79 Å². The zero-order chi connectivity index (χ0) is 16.9. The van der Waals surface area contributed by atoms with Gasteiger partial charge in [-0.15, -0.1) is 0 Å². The van der Waals surface area contributed by atoms with Crippen molar-refractivity contribution >= 4 is 17.7 Å². The number of nitrogens with one attached hydrogen (secondary N) is 1. The molecule has 1 N–H and O–H groups in total. The SMILES string of the molecule is Cn1nnn(-c2ccc(NC(=O)/C=C/c3ccccc3)cc2)c1=O. The topological polar surface area (TPSA) is 81.8 Å². The molecular formula is C17H15N5O2. The average Bonchev–Trinajstić information content (AvgIpc) is 2.94. The first-order valence-electron chi connectivity index (χ1n) is 7.27. The number of tetrazole rings is 1. The van der Waals surface area contributed by atoms with Crippen LogP contribution in [0.2, 0.25) is 0 Å². The molecule has 0 aliphatic carbocycles. The highest BCUT2D eigenvalue weighted by atomic mass is 16.2. The maximum absolute atomic E-state index is 11.9. The van der Waals surface area contributed by atoms with Crippen LogP contribution in [0.4, 0.5) is 5.69 Å². The molecule has 1 aromatic heterocycles.